The summed E-state index contributed by atoms with van der Waals surface area (Å²) in [4.78, 5) is 61.1. The smallest absolute Gasteiger partial charge is 0.262 e. The maximum atomic E-state index is 13.2. The van der Waals surface area contributed by atoms with Crippen LogP contribution in [0.4, 0.5) is 5.69 Å². The van der Waals surface area contributed by atoms with Crippen LogP contribution < -0.4 is 16.0 Å². The first kappa shape index (κ1) is 28.7. The molecular weight excluding hydrogens is 534 g/mol. The van der Waals surface area contributed by atoms with Crippen LogP contribution in [0.1, 0.15) is 66.2 Å². The molecule has 11 nitrogen and oxygen atoms in total. The highest BCUT2D eigenvalue weighted by Gasteiger charge is 2.45. The van der Waals surface area contributed by atoms with Crippen LogP contribution in [0.25, 0.3) is 0 Å². The van der Waals surface area contributed by atoms with Crippen molar-refractivity contribution in [3.05, 3.63) is 41.2 Å². The first-order chi connectivity index (χ1) is 20.3. The average Bonchev–Trinajstić information content (AvgIpc) is 3.26. The highest BCUT2D eigenvalue weighted by Crippen LogP contribution is 2.32. The van der Waals surface area contributed by atoms with Crippen molar-refractivity contribution in [2.45, 2.75) is 57.5 Å². The number of allylic oxidation sites excluding steroid dienone is 1. The second kappa shape index (κ2) is 12.0. The topological polar surface area (TPSA) is 123 Å². The number of hydrogen-bond donors (Lipinski definition) is 2. The number of piperidine rings is 3. The molecule has 42 heavy (non-hydrogen) atoms. The Labute approximate surface area is 247 Å². The van der Waals surface area contributed by atoms with Crippen molar-refractivity contribution < 1.29 is 19.2 Å². The summed E-state index contributed by atoms with van der Waals surface area (Å²) in [5, 5.41) is 2.25. The molecule has 1 atom stereocenters. The summed E-state index contributed by atoms with van der Waals surface area (Å²) in [7, 11) is 0. The van der Waals surface area contributed by atoms with Crippen molar-refractivity contribution in [2.24, 2.45) is 11.7 Å². The van der Waals surface area contributed by atoms with Crippen molar-refractivity contribution >= 4 is 29.3 Å². The number of likely N-dealkylation sites (tertiary alicyclic amines) is 1. The Morgan fingerprint density at radius 2 is 1.57 bits per heavy atom. The number of nitrogens with zero attached hydrogens (tertiary/aromatic N) is 5. The van der Waals surface area contributed by atoms with Crippen LogP contribution in [0.2, 0.25) is 0 Å². The molecule has 226 valence electrons. The van der Waals surface area contributed by atoms with Gasteiger partial charge in [-0.3, -0.25) is 34.3 Å². The van der Waals surface area contributed by atoms with E-state index in [2.05, 4.69) is 24.9 Å². The standard InChI is InChI=1S/C31H43N7O4/c1-2-27(32)37-17-15-34(16-18-37)20-21-7-11-35(12-8-21)22-9-13-36(14-10-22)23-3-4-24-25(19-23)31(42)38(30(24)41)26-5-6-28(39)33-29(26)40/h2-4,19,21-22,26H,5-18,20,32H2,1H3,(H,33,39,40)/b27-2+. The molecule has 4 fully saturated rings. The quantitative estimate of drug-likeness (QED) is 0.481. The van der Waals surface area contributed by atoms with Gasteiger partial charge in [-0.1, -0.05) is 0 Å². The summed E-state index contributed by atoms with van der Waals surface area (Å²) in [5.41, 5.74) is 7.70. The number of fused-ring (bicyclic) bond motifs is 1. The van der Waals surface area contributed by atoms with E-state index in [1.807, 2.05) is 19.1 Å². The zero-order valence-corrected chi connectivity index (χ0v) is 24.6. The number of amides is 4. The normalized spacial score (nSPS) is 25.8. The van der Waals surface area contributed by atoms with Gasteiger partial charge in [0.25, 0.3) is 11.8 Å². The molecule has 0 aromatic heterocycles. The molecule has 0 saturated carbocycles. The van der Waals surface area contributed by atoms with E-state index in [9.17, 15) is 19.2 Å². The number of hydrogen-bond acceptors (Lipinski definition) is 9. The molecule has 4 saturated heterocycles. The fourth-order valence-corrected chi connectivity index (χ4v) is 7.38. The van der Waals surface area contributed by atoms with Gasteiger partial charge in [0.05, 0.1) is 16.9 Å². The van der Waals surface area contributed by atoms with Crippen LogP contribution in [-0.2, 0) is 9.59 Å². The van der Waals surface area contributed by atoms with Gasteiger partial charge in [0.1, 0.15) is 6.04 Å². The van der Waals surface area contributed by atoms with Crippen LogP contribution in [-0.4, -0.2) is 114 Å². The molecule has 1 aromatic rings. The summed E-state index contributed by atoms with van der Waals surface area (Å²) < 4.78 is 0. The Kier molecular flexibility index (Phi) is 8.22. The predicted molar refractivity (Wildman–Crippen MR) is 159 cm³/mol. The third kappa shape index (κ3) is 5.64. The van der Waals surface area contributed by atoms with E-state index in [1.165, 1.54) is 19.4 Å². The van der Waals surface area contributed by atoms with E-state index in [0.29, 0.717) is 17.2 Å². The van der Waals surface area contributed by atoms with Gasteiger partial charge < -0.3 is 20.4 Å². The lowest BCUT2D eigenvalue weighted by molar-refractivity contribution is -0.136. The highest BCUT2D eigenvalue weighted by molar-refractivity contribution is 6.23. The lowest BCUT2D eigenvalue weighted by Crippen LogP contribution is -2.54. The van der Waals surface area contributed by atoms with Crippen LogP contribution in [0, 0.1) is 5.92 Å². The molecule has 6 rings (SSSR count). The van der Waals surface area contributed by atoms with Gasteiger partial charge in [-0.2, -0.15) is 0 Å². The van der Waals surface area contributed by atoms with Crippen LogP contribution in [0.5, 0.6) is 0 Å². The average molecular weight is 578 g/mol. The Morgan fingerprint density at radius 1 is 0.881 bits per heavy atom. The van der Waals surface area contributed by atoms with Crippen LogP contribution >= 0.6 is 0 Å². The maximum absolute atomic E-state index is 13.2. The summed E-state index contributed by atoms with van der Waals surface area (Å²) in [5.74, 6) is -0.209. The molecule has 5 heterocycles. The number of imide groups is 2. The number of piperazine rings is 1. The SMILES string of the molecule is C/C=C(\N)N1CCN(CC2CCN(C3CCN(c4ccc5c(c4)C(=O)N(C4CCC(=O)NC4=O)C5=O)CC3)CC2)CC1. The van der Waals surface area contributed by atoms with Gasteiger partial charge in [0.15, 0.2) is 0 Å². The largest absolute Gasteiger partial charge is 0.386 e. The number of nitrogens with one attached hydrogen (secondary N) is 1. The molecule has 0 radical (unpaired) electrons. The van der Waals surface area contributed by atoms with Crippen LogP contribution in [0.3, 0.4) is 0 Å². The minimum absolute atomic E-state index is 0.117. The Bertz CT molecular complexity index is 1260. The number of benzene rings is 1. The predicted octanol–water partition coefficient (Wildman–Crippen LogP) is 1.21. The molecule has 3 N–H and O–H groups in total. The van der Waals surface area contributed by atoms with Gasteiger partial charge in [0, 0.05) is 64.0 Å². The molecule has 1 unspecified atom stereocenters. The van der Waals surface area contributed by atoms with E-state index in [0.717, 1.165) is 87.5 Å². The minimum Gasteiger partial charge on any atom is -0.386 e. The highest BCUT2D eigenvalue weighted by atomic mass is 16.2. The summed E-state index contributed by atoms with van der Waals surface area (Å²) in [6.07, 6.45) is 6.92. The van der Waals surface area contributed by atoms with Crippen LogP contribution in [0.15, 0.2) is 30.1 Å². The zero-order valence-electron chi connectivity index (χ0n) is 24.6. The molecule has 5 aliphatic rings. The van der Waals surface area contributed by atoms with E-state index >= 15 is 0 Å². The fraction of sp³-hybridized carbons (Fsp3) is 0.613. The zero-order chi connectivity index (χ0) is 29.4. The number of carbonyl (C=O) groups excluding carboxylic acids is 4. The molecule has 5 aliphatic heterocycles. The third-order valence-electron chi connectivity index (χ3n) is 9.97. The van der Waals surface area contributed by atoms with Crippen molar-refractivity contribution in [3.63, 3.8) is 0 Å². The Morgan fingerprint density at radius 3 is 2.24 bits per heavy atom. The lowest BCUT2D eigenvalue weighted by Gasteiger charge is -2.43. The monoisotopic (exact) mass is 577 g/mol. The van der Waals surface area contributed by atoms with Crippen molar-refractivity contribution in [2.75, 3.05) is 63.8 Å². The fourth-order valence-electron chi connectivity index (χ4n) is 7.38. The van der Waals surface area contributed by atoms with Crippen molar-refractivity contribution in [1.82, 2.24) is 24.9 Å². The number of nitrogens with two attached hydrogens (primary N) is 1. The Balaban J connectivity index is 0.981. The Hall–Kier alpha value is -3.44. The number of rotatable bonds is 6. The van der Waals surface area contributed by atoms with Gasteiger partial charge in [0.2, 0.25) is 11.8 Å². The lowest BCUT2D eigenvalue weighted by atomic mass is 9.92. The van der Waals surface area contributed by atoms with E-state index < -0.39 is 23.8 Å². The second-order valence-electron chi connectivity index (χ2n) is 12.4. The molecule has 1 aromatic carbocycles. The minimum atomic E-state index is -0.939. The number of anilines is 1. The first-order valence-electron chi connectivity index (χ1n) is 15.6. The first-order valence-corrected chi connectivity index (χ1v) is 15.6. The molecule has 0 spiro atoms. The second-order valence-corrected chi connectivity index (χ2v) is 12.4. The van der Waals surface area contributed by atoms with Gasteiger partial charge in [-0.25, -0.2) is 0 Å². The summed E-state index contributed by atoms with van der Waals surface area (Å²) >= 11 is 0. The third-order valence-corrected chi connectivity index (χ3v) is 9.97. The maximum Gasteiger partial charge on any atom is 0.262 e. The summed E-state index contributed by atoms with van der Waals surface area (Å²) in [6.45, 7) is 11.5. The molecule has 4 amide bonds. The van der Waals surface area contributed by atoms with E-state index in [4.69, 9.17) is 5.73 Å². The summed E-state index contributed by atoms with van der Waals surface area (Å²) in [6, 6.07) is 5.07. The molecule has 11 heteroatoms. The van der Waals surface area contributed by atoms with Gasteiger partial charge in [-0.15, -0.1) is 0 Å². The molecule has 0 bridgehead atoms. The van der Waals surface area contributed by atoms with Crippen molar-refractivity contribution in [3.8, 4) is 0 Å². The van der Waals surface area contributed by atoms with E-state index in [1.54, 1.807) is 12.1 Å². The molecular formula is C31H43N7O4. The van der Waals surface area contributed by atoms with E-state index in [-0.39, 0.29) is 18.7 Å². The van der Waals surface area contributed by atoms with Gasteiger partial charge >= 0.3 is 0 Å². The number of carbonyl (C=O) groups is 4. The molecule has 0 aliphatic carbocycles. The van der Waals surface area contributed by atoms with Gasteiger partial charge in [-0.05, 0) is 82.3 Å². The van der Waals surface area contributed by atoms with Crippen molar-refractivity contribution in [1.29, 1.82) is 0 Å².